The highest BCUT2D eigenvalue weighted by atomic mass is 19.1. The van der Waals surface area contributed by atoms with Gasteiger partial charge in [0.2, 0.25) is 0 Å². The first-order chi connectivity index (χ1) is 9.20. The van der Waals surface area contributed by atoms with E-state index in [1.54, 1.807) is 6.07 Å². The van der Waals surface area contributed by atoms with Gasteiger partial charge in [-0.2, -0.15) is 0 Å². The first-order valence-electron chi connectivity index (χ1n) is 7.43. The lowest BCUT2D eigenvalue weighted by atomic mass is 9.84. The molecule has 106 valence electrons. The molecule has 1 atom stereocenters. The van der Waals surface area contributed by atoms with Crippen molar-refractivity contribution in [2.75, 3.05) is 0 Å². The lowest BCUT2D eigenvalue weighted by Gasteiger charge is -2.25. The van der Waals surface area contributed by atoms with Crippen molar-refractivity contribution in [2.24, 2.45) is 11.8 Å². The summed E-state index contributed by atoms with van der Waals surface area (Å²) in [4.78, 5) is 0. The van der Waals surface area contributed by atoms with E-state index >= 15 is 0 Å². The second-order valence-corrected chi connectivity index (χ2v) is 5.80. The summed E-state index contributed by atoms with van der Waals surface area (Å²) in [7, 11) is 0. The summed E-state index contributed by atoms with van der Waals surface area (Å²) in [5.41, 5.74) is 5.00. The standard InChI is InChI=1S/C16H25FN2/c1-12-11-14(17)8-9-15(12)16(19-18)10-7-13-5-3-2-4-6-13/h8-9,11,13,16,19H,2-7,10,18H2,1H3. The molecule has 0 spiro atoms. The lowest BCUT2D eigenvalue weighted by Crippen LogP contribution is -2.29. The summed E-state index contributed by atoms with van der Waals surface area (Å²) in [6.45, 7) is 1.95. The maximum Gasteiger partial charge on any atom is 0.123 e. The highest BCUT2D eigenvalue weighted by Gasteiger charge is 2.17. The summed E-state index contributed by atoms with van der Waals surface area (Å²) in [6, 6.07) is 5.10. The van der Waals surface area contributed by atoms with Crippen molar-refractivity contribution in [3.8, 4) is 0 Å². The van der Waals surface area contributed by atoms with Gasteiger partial charge in [0.05, 0.1) is 0 Å². The van der Waals surface area contributed by atoms with Crippen LogP contribution in [-0.4, -0.2) is 0 Å². The molecule has 0 heterocycles. The van der Waals surface area contributed by atoms with Gasteiger partial charge in [0, 0.05) is 6.04 Å². The van der Waals surface area contributed by atoms with Crippen molar-refractivity contribution < 1.29 is 4.39 Å². The zero-order valence-electron chi connectivity index (χ0n) is 11.8. The number of benzene rings is 1. The fourth-order valence-electron chi connectivity index (χ4n) is 3.24. The van der Waals surface area contributed by atoms with Gasteiger partial charge in [-0.1, -0.05) is 38.2 Å². The van der Waals surface area contributed by atoms with E-state index in [-0.39, 0.29) is 11.9 Å². The maximum absolute atomic E-state index is 13.1. The van der Waals surface area contributed by atoms with Crippen LogP contribution in [0, 0.1) is 18.7 Å². The molecule has 1 fully saturated rings. The third kappa shape index (κ3) is 4.02. The Bertz CT molecular complexity index is 400. The van der Waals surface area contributed by atoms with Gasteiger partial charge in [-0.25, -0.2) is 4.39 Å². The Labute approximate surface area is 115 Å². The summed E-state index contributed by atoms with van der Waals surface area (Å²) >= 11 is 0. The van der Waals surface area contributed by atoms with E-state index in [4.69, 9.17) is 5.84 Å². The average molecular weight is 264 g/mol. The molecule has 1 aliphatic rings. The predicted molar refractivity (Wildman–Crippen MR) is 77.0 cm³/mol. The topological polar surface area (TPSA) is 38.0 Å². The van der Waals surface area contributed by atoms with Crippen LogP contribution < -0.4 is 11.3 Å². The van der Waals surface area contributed by atoms with E-state index < -0.39 is 0 Å². The van der Waals surface area contributed by atoms with Crippen molar-refractivity contribution >= 4 is 0 Å². The third-order valence-electron chi connectivity index (χ3n) is 4.40. The molecule has 0 bridgehead atoms. The maximum atomic E-state index is 13.1. The van der Waals surface area contributed by atoms with Crippen LogP contribution in [0.3, 0.4) is 0 Å². The van der Waals surface area contributed by atoms with Gasteiger partial charge in [0.15, 0.2) is 0 Å². The minimum atomic E-state index is -0.177. The predicted octanol–water partition coefficient (Wildman–Crippen LogP) is 4.00. The zero-order chi connectivity index (χ0) is 13.7. The molecule has 1 unspecified atom stereocenters. The van der Waals surface area contributed by atoms with Crippen molar-refractivity contribution in [3.05, 3.63) is 35.1 Å². The first-order valence-corrected chi connectivity index (χ1v) is 7.43. The van der Waals surface area contributed by atoms with Crippen molar-refractivity contribution in [2.45, 2.75) is 57.9 Å². The fourth-order valence-corrected chi connectivity index (χ4v) is 3.24. The Morgan fingerprint density at radius 1 is 1.32 bits per heavy atom. The number of nitrogens with one attached hydrogen (secondary N) is 1. The minimum absolute atomic E-state index is 0.141. The zero-order valence-corrected chi connectivity index (χ0v) is 11.8. The van der Waals surface area contributed by atoms with Crippen LogP contribution in [0.15, 0.2) is 18.2 Å². The van der Waals surface area contributed by atoms with Crippen LogP contribution in [0.5, 0.6) is 0 Å². The van der Waals surface area contributed by atoms with E-state index in [2.05, 4.69) is 5.43 Å². The van der Waals surface area contributed by atoms with Crippen LogP contribution in [0.25, 0.3) is 0 Å². The summed E-state index contributed by atoms with van der Waals surface area (Å²) < 4.78 is 13.1. The van der Waals surface area contributed by atoms with E-state index in [0.717, 1.165) is 23.5 Å². The van der Waals surface area contributed by atoms with Gasteiger partial charge in [-0.15, -0.1) is 0 Å². The molecule has 0 aliphatic heterocycles. The highest BCUT2D eigenvalue weighted by molar-refractivity contribution is 5.29. The number of rotatable bonds is 5. The van der Waals surface area contributed by atoms with Gasteiger partial charge < -0.3 is 0 Å². The molecule has 19 heavy (non-hydrogen) atoms. The quantitative estimate of drug-likeness (QED) is 0.623. The molecule has 1 saturated carbocycles. The third-order valence-corrected chi connectivity index (χ3v) is 4.40. The van der Waals surface area contributed by atoms with Gasteiger partial charge >= 0.3 is 0 Å². The molecule has 2 nitrogen and oxygen atoms in total. The molecular weight excluding hydrogens is 239 g/mol. The van der Waals surface area contributed by atoms with Crippen LogP contribution in [-0.2, 0) is 0 Å². The minimum Gasteiger partial charge on any atom is -0.271 e. The van der Waals surface area contributed by atoms with Gasteiger partial charge in [-0.05, 0) is 48.9 Å². The first kappa shape index (κ1) is 14.5. The van der Waals surface area contributed by atoms with Crippen molar-refractivity contribution in [1.82, 2.24) is 5.43 Å². The van der Waals surface area contributed by atoms with Crippen molar-refractivity contribution in [1.29, 1.82) is 0 Å². The van der Waals surface area contributed by atoms with Gasteiger partial charge in [0.1, 0.15) is 5.82 Å². The Hall–Kier alpha value is -0.930. The SMILES string of the molecule is Cc1cc(F)ccc1C(CCC1CCCCC1)NN. The molecule has 0 radical (unpaired) electrons. The van der Waals surface area contributed by atoms with Crippen LogP contribution in [0.4, 0.5) is 4.39 Å². The van der Waals surface area contributed by atoms with Crippen LogP contribution >= 0.6 is 0 Å². The fraction of sp³-hybridized carbons (Fsp3) is 0.625. The van der Waals surface area contributed by atoms with E-state index in [1.165, 1.54) is 44.6 Å². The summed E-state index contributed by atoms with van der Waals surface area (Å²) in [6.07, 6.45) is 9.12. The van der Waals surface area contributed by atoms with Crippen LogP contribution in [0.1, 0.15) is 62.1 Å². The van der Waals surface area contributed by atoms with Gasteiger partial charge in [0.25, 0.3) is 0 Å². The summed E-state index contributed by atoms with van der Waals surface area (Å²) in [5.74, 6) is 6.36. The number of hydrogen-bond acceptors (Lipinski definition) is 2. The van der Waals surface area contributed by atoms with Gasteiger partial charge in [-0.3, -0.25) is 11.3 Å². The Morgan fingerprint density at radius 2 is 2.05 bits per heavy atom. The largest absolute Gasteiger partial charge is 0.271 e. The molecule has 1 aromatic carbocycles. The Balaban J connectivity index is 1.95. The van der Waals surface area contributed by atoms with E-state index in [0.29, 0.717) is 0 Å². The molecule has 3 N–H and O–H groups in total. The number of halogens is 1. The molecule has 2 rings (SSSR count). The Morgan fingerprint density at radius 3 is 2.68 bits per heavy atom. The number of nitrogens with two attached hydrogens (primary N) is 1. The second-order valence-electron chi connectivity index (χ2n) is 5.80. The smallest absolute Gasteiger partial charge is 0.123 e. The summed E-state index contributed by atoms with van der Waals surface area (Å²) in [5, 5.41) is 0. The number of aryl methyl sites for hydroxylation is 1. The molecule has 1 aromatic rings. The molecule has 0 aromatic heterocycles. The van der Waals surface area contributed by atoms with Crippen LogP contribution in [0.2, 0.25) is 0 Å². The monoisotopic (exact) mass is 264 g/mol. The molecule has 1 aliphatic carbocycles. The average Bonchev–Trinajstić information content (AvgIpc) is 2.42. The van der Waals surface area contributed by atoms with Crippen molar-refractivity contribution in [3.63, 3.8) is 0 Å². The second kappa shape index (κ2) is 7.01. The number of hydrogen-bond donors (Lipinski definition) is 2. The normalized spacial score (nSPS) is 18.5. The Kier molecular flexibility index (Phi) is 5.34. The van der Waals surface area contributed by atoms with E-state index in [9.17, 15) is 4.39 Å². The number of hydrazine groups is 1. The highest BCUT2D eigenvalue weighted by Crippen LogP contribution is 2.31. The molecule has 0 amide bonds. The molecule has 3 heteroatoms. The lowest BCUT2D eigenvalue weighted by molar-refractivity contribution is 0.314. The molecule has 0 saturated heterocycles. The van der Waals surface area contributed by atoms with E-state index in [1.807, 2.05) is 13.0 Å². The molecular formula is C16H25FN2.